The van der Waals surface area contributed by atoms with E-state index in [9.17, 15) is 14.3 Å². The lowest BCUT2D eigenvalue weighted by atomic mass is 9.93. The Morgan fingerprint density at radius 1 is 1.31 bits per heavy atom. The molecule has 1 aromatic heterocycles. The van der Waals surface area contributed by atoms with Crippen LogP contribution in [0.1, 0.15) is 24.0 Å². The third-order valence-corrected chi connectivity index (χ3v) is 5.23. The normalized spacial score (nSPS) is 13.8. The molecule has 0 radical (unpaired) electrons. The second-order valence-corrected chi connectivity index (χ2v) is 7.29. The van der Waals surface area contributed by atoms with Crippen molar-refractivity contribution in [3.8, 4) is 0 Å². The quantitative estimate of drug-likeness (QED) is 0.649. The monoisotopic (exact) mass is 389 g/mol. The molecule has 0 saturated carbocycles. The smallest absolute Gasteiger partial charge is 0.234 e. The van der Waals surface area contributed by atoms with E-state index in [4.69, 9.17) is 11.6 Å². The SMILES string of the molecule is CC(O)C(C(=O)N/C=C/c1cccc(F)c1)c1csc2ccc(Cl)cc12. The molecule has 1 amide bonds. The summed E-state index contributed by atoms with van der Waals surface area (Å²) in [5.74, 6) is -1.42. The fourth-order valence-electron chi connectivity index (χ4n) is 2.80. The van der Waals surface area contributed by atoms with E-state index < -0.39 is 12.0 Å². The maximum Gasteiger partial charge on any atom is 0.234 e. The van der Waals surface area contributed by atoms with Gasteiger partial charge in [-0.2, -0.15) is 0 Å². The molecule has 2 atom stereocenters. The number of aliphatic hydroxyl groups is 1. The highest BCUT2D eigenvalue weighted by atomic mass is 35.5. The average Bonchev–Trinajstić information content (AvgIpc) is 2.98. The molecule has 2 aromatic carbocycles. The van der Waals surface area contributed by atoms with Crippen LogP contribution in [-0.4, -0.2) is 17.1 Å². The predicted octanol–water partition coefficient (Wildman–Crippen LogP) is 4.95. The first-order chi connectivity index (χ1) is 12.5. The van der Waals surface area contributed by atoms with Gasteiger partial charge in [-0.3, -0.25) is 4.79 Å². The average molecular weight is 390 g/mol. The van der Waals surface area contributed by atoms with E-state index in [1.165, 1.54) is 29.7 Å². The summed E-state index contributed by atoms with van der Waals surface area (Å²) in [4.78, 5) is 12.6. The maximum atomic E-state index is 13.2. The molecule has 134 valence electrons. The van der Waals surface area contributed by atoms with Gasteiger partial charge in [-0.15, -0.1) is 11.3 Å². The molecule has 0 bridgehead atoms. The number of carbonyl (C=O) groups is 1. The van der Waals surface area contributed by atoms with Crippen LogP contribution in [0.3, 0.4) is 0 Å². The Hall–Kier alpha value is -2.21. The molecule has 0 aliphatic heterocycles. The molecule has 3 rings (SSSR count). The molecule has 0 aliphatic carbocycles. The molecule has 26 heavy (non-hydrogen) atoms. The Morgan fingerprint density at radius 2 is 2.12 bits per heavy atom. The molecule has 6 heteroatoms. The Kier molecular flexibility index (Phi) is 5.71. The van der Waals surface area contributed by atoms with Gasteiger partial charge in [0.2, 0.25) is 5.91 Å². The van der Waals surface area contributed by atoms with E-state index in [1.807, 2.05) is 11.4 Å². The molecule has 2 unspecified atom stereocenters. The second-order valence-electron chi connectivity index (χ2n) is 5.95. The summed E-state index contributed by atoms with van der Waals surface area (Å²) in [6.45, 7) is 1.58. The van der Waals surface area contributed by atoms with Crippen LogP contribution >= 0.6 is 22.9 Å². The summed E-state index contributed by atoms with van der Waals surface area (Å²) < 4.78 is 14.2. The van der Waals surface area contributed by atoms with Gasteiger partial charge in [0, 0.05) is 15.9 Å². The van der Waals surface area contributed by atoms with Crippen LogP contribution in [0, 0.1) is 5.82 Å². The van der Waals surface area contributed by atoms with Crippen LogP contribution in [0.2, 0.25) is 5.02 Å². The van der Waals surface area contributed by atoms with E-state index >= 15 is 0 Å². The second kappa shape index (κ2) is 7.99. The summed E-state index contributed by atoms with van der Waals surface area (Å²) >= 11 is 7.57. The third kappa shape index (κ3) is 4.12. The van der Waals surface area contributed by atoms with Crippen LogP contribution in [0.15, 0.2) is 54.0 Å². The minimum atomic E-state index is -0.880. The zero-order chi connectivity index (χ0) is 18.7. The van der Waals surface area contributed by atoms with Crippen LogP contribution in [0.5, 0.6) is 0 Å². The van der Waals surface area contributed by atoms with Gasteiger partial charge < -0.3 is 10.4 Å². The van der Waals surface area contributed by atoms with Crippen molar-refractivity contribution in [1.29, 1.82) is 0 Å². The van der Waals surface area contributed by atoms with Gasteiger partial charge in [0.25, 0.3) is 0 Å². The van der Waals surface area contributed by atoms with E-state index in [0.717, 1.165) is 15.6 Å². The van der Waals surface area contributed by atoms with Gasteiger partial charge in [-0.25, -0.2) is 4.39 Å². The fourth-order valence-corrected chi connectivity index (χ4v) is 3.95. The number of hydrogen-bond donors (Lipinski definition) is 2. The lowest BCUT2D eigenvalue weighted by Crippen LogP contribution is -2.31. The van der Waals surface area contributed by atoms with Crippen LogP contribution < -0.4 is 5.32 Å². The van der Waals surface area contributed by atoms with Crippen molar-refractivity contribution in [2.75, 3.05) is 0 Å². The largest absolute Gasteiger partial charge is 0.392 e. The molecule has 0 fully saturated rings. The lowest BCUT2D eigenvalue weighted by molar-refractivity contribution is -0.123. The van der Waals surface area contributed by atoms with Gasteiger partial charge in [0.1, 0.15) is 5.82 Å². The molecule has 1 heterocycles. The minimum absolute atomic E-state index is 0.340. The van der Waals surface area contributed by atoms with Gasteiger partial charge in [-0.05, 0) is 65.2 Å². The number of halogens is 2. The summed E-state index contributed by atoms with van der Waals surface area (Å²) in [5.41, 5.74) is 1.37. The van der Waals surface area contributed by atoms with Gasteiger partial charge in [0.05, 0.1) is 12.0 Å². The number of hydrogen-bond acceptors (Lipinski definition) is 3. The van der Waals surface area contributed by atoms with Gasteiger partial charge in [0.15, 0.2) is 0 Å². The number of thiophene rings is 1. The third-order valence-electron chi connectivity index (χ3n) is 4.02. The van der Waals surface area contributed by atoms with Crippen molar-refractivity contribution in [1.82, 2.24) is 5.32 Å². The van der Waals surface area contributed by atoms with Crippen molar-refractivity contribution in [3.05, 3.63) is 76.0 Å². The molecule has 0 saturated heterocycles. The highest BCUT2D eigenvalue weighted by molar-refractivity contribution is 7.17. The van der Waals surface area contributed by atoms with Crippen LogP contribution in [0.25, 0.3) is 16.2 Å². The predicted molar refractivity (Wildman–Crippen MR) is 105 cm³/mol. The first-order valence-corrected chi connectivity index (χ1v) is 9.28. The number of amides is 1. The number of nitrogens with one attached hydrogen (secondary N) is 1. The number of fused-ring (bicyclic) bond motifs is 1. The van der Waals surface area contributed by atoms with Crippen LogP contribution in [-0.2, 0) is 4.79 Å². The number of rotatable bonds is 5. The molecule has 2 N–H and O–H groups in total. The number of carbonyl (C=O) groups excluding carboxylic acids is 1. The van der Waals surface area contributed by atoms with Crippen molar-refractivity contribution < 1.29 is 14.3 Å². The zero-order valence-electron chi connectivity index (χ0n) is 13.9. The molecule has 3 nitrogen and oxygen atoms in total. The van der Waals surface area contributed by atoms with Crippen molar-refractivity contribution in [2.24, 2.45) is 0 Å². The Labute approximate surface area is 159 Å². The summed E-state index contributed by atoms with van der Waals surface area (Å²) in [6.07, 6.45) is 2.17. The Bertz CT molecular complexity index is 967. The highest BCUT2D eigenvalue weighted by Crippen LogP contribution is 2.34. The van der Waals surface area contributed by atoms with E-state index in [2.05, 4.69) is 5.32 Å². The molecule has 0 aliphatic rings. The van der Waals surface area contributed by atoms with E-state index in [1.54, 1.807) is 37.3 Å². The van der Waals surface area contributed by atoms with Crippen molar-refractivity contribution in [3.63, 3.8) is 0 Å². The lowest BCUT2D eigenvalue weighted by Gasteiger charge is -2.18. The fraction of sp³-hybridized carbons (Fsp3) is 0.150. The van der Waals surface area contributed by atoms with Crippen molar-refractivity contribution in [2.45, 2.75) is 18.9 Å². The van der Waals surface area contributed by atoms with Gasteiger partial charge in [-0.1, -0.05) is 23.7 Å². The van der Waals surface area contributed by atoms with Crippen molar-refractivity contribution >= 4 is 45.0 Å². The molecular formula is C20H17ClFNO2S. The molecule has 0 spiro atoms. The number of benzene rings is 2. The summed E-state index contributed by atoms with van der Waals surface area (Å²) in [6, 6.07) is 11.5. The summed E-state index contributed by atoms with van der Waals surface area (Å²) in [5, 5.41) is 16.1. The zero-order valence-corrected chi connectivity index (χ0v) is 15.5. The highest BCUT2D eigenvalue weighted by Gasteiger charge is 2.27. The molecule has 3 aromatic rings. The van der Waals surface area contributed by atoms with Gasteiger partial charge >= 0.3 is 0 Å². The standard InChI is InChI=1S/C20H17ClFNO2S/c1-12(24)19(17-11-26-18-6-5-14(21)10-16(17)18)20(25)23-8-7-13-3-2-4-15(22)9-13/h2-12,19,24H,1H3,(H,23,25)/b8-7+. The topological polar surface area (TPSA) is 49.3 Å². The van der Waals surface area contributed by atoms with Crippen LogP contribution in [0.4, 0.5) is 4.39 Å². The minimum Gasteiger partial charge on any atom is -0.392 e. The molecular weight excluding hydrogens is 373 g/mol. The Balaban J connectivity index is 1.83. The Morgan fingerprint density at radius 3 is 2.85 bits per heavy atom. The maximum absolute atomic E-state index is 13.2. The van der Waals surface area contributed by atoms with E-state index in [0.29, 0.717) is 10.6 Å². The first kappa shape index (κ1) is 18.6. The van der Waals surface area contributed by atoms with E-state index in [-0.39, 0.29) is 11.7 Å². The first-order valence-electron chi connectivity index (χ1n) is 8.03. The number of aliphatic hydroxyl groups excluding tert-OH is 1. The summed E-state index contributed by atoms with van der Waals surface area (Å²) in [7, 11) is 0.